The Bertz CT molecular complexity index is 861. The van der Waals surface area contributed by atoms with Crippen LogP contribution in [0.25, 0.3) is 0 Å². The van der Waals surface area contributed by atoms with Gasteiger partial charge < -0.3 is 19.1 Å². The van der Waals surface area contributed by atoms with Crippen LogP contribution in [0, 0.1) is 5.92 Å². The Labute approximate surface area is 173 Å². The van der Waals surface area contributed by atoms with Crippen molar-refractivity contribution in [1.82, 2.24) is 4.90 Å². The minimum atomic E-state index is -4.74. The highest BCUT2D eigenvalue weighted by Crippen LogP contribution is 2.46. The molecule has 1 fully saturated rings. The van der Waals surface area contributed by atoms with Crippen molar-refractivity contribution in [2.45, 2.75) is 38.7 Å². The predicted octanol–water partition coefficient (Wildman–Crippen LogP) is 5.10. The lowest BCUT2D eigenvalue weighted by atomic mass is 9.96. The molecule has 1 heterocycles. The van der Waals surface area contributed by atoms with Crippen LogP contribution in [-0.4, -0.2) is 31.4 Å². The van der Waals surface area contributed by atoms with Crippen molar-refractivity contribution in [3.05, 3.63) is 53.6 Å². The average molecular weight is 423 g/mol. The minimum absolute atomic E-state index is 0.00563. The van der Waals surface area contributed by atoms with E-state index in [4.69, 9.17) is 9.47 Å². The first-order chi connectivity index (χ1) is 14.3. The maximum atomic E-state index is 13.0. The third-order valence-electron chi connectivity index (χ3n) is 5.32. The second kappa shape index (κ2) is 8.85. The zero-order valence-corrected chi connectivity index (χ0v) is 17.0. The highest BCUT2D eigenvalue weighted by atomic mass is 19.4. The Hall–Kier alpha value is -2.90. The van der Waals surface area contributed by atoms with E-state index >= 15 is 0 Å². The standard InChI is InChI=1S/C22H24F3NO4/c1-4-15-12-17(20-18(28-2)6-5-7-19(20)29-3)26(21(15)27)13-14-8-10-16(11-9-14)30-22(23,24)25/h5-11,15,17H,4,12-13H2,1-3H3/t15?,17-/m0/s1. The molecule has 0 radical (unpaired) electrons. The Balaban J connectivity index is 1.91. The fourth-order valence-electron chi connectivity index (χ4n) is 3.89. The van der Waals surface area contributed by atoms with Gasteiger partial charge in [0.05, 0.1) is 25.8 Å². The predicted molar refractivity (Wildman–Crippen MR) is 104 cm³/mol. The number of amides is 1. The van der Waals surface area contributed by atoms with E-state index in [2.05, 4.69) is 4.74 Å². The summed E-state index contributed by atoms with van der Waals surface area (Å²) in [5.74, 6) is 0.822. The van der Waals surface area contributed by atoms with Crippen molar-refractivity contribution in [3.63, 3.8) is 0 Å². The van der Waals surface area contributed by atoms with E-state index in [1.54, 1.807) is 19.1 Å². The molecule has 2 aromatic carbocycles. The molecule has 0 aliphatic carbocycles. The molecule has 0 aromatic heterocycles. The largest absolute Gasteiger partial charge is 0.573 e. The van der Waals surface area contributed by atoms with Gasteiger partial charge in [-0.05, 0) is 42.7 Å². The molecule has 1 aliphatic rings. The average Bonchev–Trinajstić information content (AvgIpc) is 3.02. The number of benzene rings is 2. The molecule has 2 atom stereocenters. The number of alkyl halides is 3. The highest BCUT2D eigenvalue weighted by Gasteiger charge is 2.41. The molecule has 1 amide bonds. The quantitative estimate of drug-likeness (QED) is 0.622. The van der Waals surface area contributed by atoms with Crippen molar-refractivity contribution in [1.29, 1.82) is 0 Å². The maximum absolute atomic E-state index is 13.0. The van der Waals surface area contributed by atoms with Crippen LogP contribution in [0.4, 0.5) is 13.2 Å². The van der Waals surface area contributed by atoms with E-state index < -0.39 is 6.36 Å². The van der Waals surface area contributed by atoms with Gasteiger partial charge in [-0.1, -0.05) is 25.1 Å². The number of likely N-dealkylation sites (tertiary alicyclic amines) is 1. The van der Waals surface area contributed by atoms with Crippen LogP contribution >= 0.6 is 0 Å². The van der Waals surface area contributed by atoms with Crippen LogP contribution in [0.15, 0.2) is 42.5 Å². The van der Waals surface area contributed by atoms with Crippen molar-refractivity contribution in [2.75, 3.05) is 14.2 Å². The zero-order chi connectivity index (χ0) is 21.9. The Morgan fingerprint density at radius 1 is 1.03 bits per heavy atom. The summed E-state index contributed by atoms with van der Waals surface area (Å²) in [4.78, 5) is 14.8. The van der Waals surface area contributed by atoms with E-state index in [0.29, 0.717) is 29.9 Å². The van der Waals surface area contributed by atoms with Gasteiger partial charge >= 0.3 is 6.36 Å². The highest BCUT2D eigenvalue weighted by molar-refractivity contribution is 5.82. The summed E-state index contributed by atoms with van der Waals surface area (Å²) in [6, 6.07) is 10.8. The summed E-state index contributed by atoms with van der Waals surface area (Å²) >= 11 is 0. The molecule has 1 aliphatic heterocycles. The van der Waals surface area contributed by atoms with Gasteiger partial charge in [-0.3, -0.25) is 4.79 Å². The summed E-state index contributed by atoms with van der Waals surface area (Å²) in [5.41, 5.74) is 1.50. The van der Waals surface area contributed by atoms with E-state index in [0.717, 1.165) is 5.56 Å². The summed E-state index contributed by atoms with van der Waals surface area (Å²) in [6.07, 6.45) is -3.44. The lowest BCUT2D eigenvalue weighted by Gasteiger charge is -2.28. The van der Waals surface area contributed by atoms with Crippen molar-refractivity contribution in [3.8, 4) is 17.2 Å². The number of hydrogen-bond donors (Lipinski definition) is 0. The number of methoxy groups -OCH3 is 2. The topological polar surface area (TPSA) is 48.0 Å². The number of halogens is 3. The summed E-state index contributed by atoms with van der Waals surface area (Å²) in [5, 5.41) is 0. The number of rotatable bonds is 7. The van der Waals surface area contributed by atoms with Crippen LogP contribution in [0.1, 0.15) is 36.9 Å². The van der Waals surface area contributed by atoms with Crippen LogP contribution in [0.5, 0.6) is 17.2 Å². The van der Waals surface area contributed by atoms with Crippen molar-refractivity contribution < 1.29 is 32.2 Å². The molecule has 162 valence electrons. The van der Waals surface area contributed by atoms with E-state index in [1.165, 1.54) is 24.3 Å². The molecule has 30 heavy (non-hydrogen) atoms. The van der Waals surface area contributed by atoms with E-state index in [-0.39, 0.29) is 30.2 Å². The lowest BCUT2D eigenvalue weighted by molar-refractivity contribution is -0.274. The first-order valence-corrected chi connectivity index (χ1v) is 9.63. The van der Waals surface area contributed by atoms with E-state index in [9.17, 15) is 18.0 Å². The van der Waals surface area contributed by atoms with Crippen LogP contribution in [0.2, 0.25) is 0 Å². The maximum Gasteiger partial charge on any atom is 0.573 e. The molecular formula is C22H24F3NO4. The monoisotopic (exact) mass is 423 g/mol. The molecule has 8 heteroatoms. The zero-order valence-electron chi connectivity index (χ0n) is 17.0. The molecule has 0 bridgehead atoms. The molecule has 5 nitrogen and oxygen atoms in total. The third kappa shape index (κ3) is 4.63. The second-order valence-electron chi connectivity index (χ2n) is 7.09. The number of carbonyl (C=O) groups is 1. The first-order valence-electron chi connectivity index (χ1n) is 9.63. The van der Waals surface area contributed by atoms with Crippen molar-refractivity contribution in [2.24, 2.45) is 5.92 Å². The summed E-state index contributed by atoms with van der Waals surface area (Å²) < 4.78 is 52.1. The van der Waals surface area contributed by atoms with Crippen LogP contribution in [0.3, 0.4) is 0 Å². The van der Waals surface area contributed by atoms with Gasteiger partial charge in [0, 0.05) is 12.5 Å². The smallest absolute Gasteiger partial charge is 0.496 e. The van der Waals surface area contributed by atoms with Gasteiger partial charge in [0.25, 0.3) is 0 Å². The SMILES string of the molecule is CCC1C[C@@H](c2c(OC)cccc2OC)N(Cc2ccc(OC(F)(F)F)cc2)C1=O. The van der Waals surface area contributed by atoms with Gasteiger partial charge in [-0.15, -0.1) is 13.2 Å². The van der Waals surface area contributed by atoms with Gasteiger partial charge in [0.2, 0.25) is 5.91 Å². The van der Waals surface area contributed by atoms with Crippen molar-refractivity contribution >= 4 is 5.91 Å². The molecule has 1 saturated heterocycles. The van der Waals surface area contributed by atoms with Gasteiger partial charge in [0.1, 0.15) is 17.2 Å². The van der Waals surface area contributed by atoms with Crippen LogP contribution < -0.4 is 14.2 Å². The van der Waals surface area contributed by atoms with Gasteiger partial charge in [0.15, 0.2) is 0 Å². The van der Waals surface area contributed by atoms with E-state index in [1.807, 2.05) is 25.1 Å². The van der Waals surface area contributed by atoms with Gasteiger partial charge in [-0.2, -0.15) is 0 Å². The third-order valence-corrected chi connectivity index (χ3v) is 5.32. The van der Waals surface area contributed by atoms with Gasteiger partial charge in [-0.25, -0.2) is 0 Å². The number of carbonyl (C=O) groups excluding carboxylic acids is 1. The Morgan fingerprint density at radius 3 is 2.13 bits per heavy atom. The first kappa shape index (κ1) is 21.8. The number of hydrogen-bond acceptors (Lipinski definition) is 4. The Kier molecular flexibility index (Phi) is 6.43. The molecular weight excluding hydrogens is 399 g/mol. The molecule has 1 unspecified atom stereocenters. The minimum Gasteiger partial charge on any atom is -0.496 e. The second-order valence-corrected chi connectivity index (χ2v) is 7.09. The fraction of sp³-hybridized carbons (Fsp3) is 0.409. The lowest BCUT2D eigenvalue weighted by Crippen LogP contribution is -2.29. The molecule has 2 aromatic rings. The molecule has 0 N–H and O–H groups in total. The Morgan fingerprint density at radius 2 is 1.63 bits per heavy atom. The number of ether oxygens (including phenoxy) is 3. The molecule has 0 saturated carbocycles. The van der Waals surface area contributed by atoms with Crippen LogP contribution in [-0.2, 0) is 11.3 Å². The summed E-state index contributed by atoms with van der Waals surface area (Å²) in [7, 11) is 3.13. The fourth-order valence-corrected chi connectivity index (χ4v) is 3.89. The number of nitrogens with zero attached hydrogens (tertiary/aromatic N) is 1. The summed E-state index contributed by atoms with van der Waals surface area (Å²) in [6.45, 7) is 2.22. The normalized spacial score (nSPS) is 19.1. The molecule has 0 spiro atoms. The molecule has 3 rings (SSSR count).